The second-order valence-electron chi connectivity index (χ2n) is 6.14. The molecule has 0 unspecified atom stereocenters. The van der Waals surface area contributed by atoms with Gasteiger partial charge in [0, 0.05) is 10.6 Å². The van der Waals surface area contributed by atoms with Crippen LogP contribution in [-0.2, 0) is 26.5 Å². The van der Waals surface area contributed by atoms with Gasteiger partial charge in [-0.2, -0.15) is 10.1 Å². The molecule has 1 aliphatic rings. The predicted molar refractivity (Wildman–Crippen MR) is 101 cm³/mol. The highest BCUT2D eigenvalue weighted by Gasteiger charge is 2.47. The van der Waals surface area contributed by atoms with E-state index in [-0.39, 0.29) is 25.2 Å². The van der Waals surface area contributed by atoms with Crippen LogP contribution in [0.1, 0.15) is 24.5 Å². The molecule has 0 aromatic heterocycles. The van der Waals surface area contributed by atoms with Gasteiger partial charge in [-0.1, -0.05) is 54.1 Å². The van der Waals surface area contributed by atoms with E-state index in [1.54, 1.807) is 31.2 Å². The van der Waals surface area contributed by atoms with Gasteiger partial charge in [0.15, 0.2) is 11.4 Å². The number of aliphatic hydroxyl groups is 1. The second kappa shape index (κ2) is 7.90. The van der Waals surface area contributed by atoms with Crippen molar-refractivity contribution in [2.75, 3.05) is 6.61 Å². The summed E-state index contributed by atoms with van der Waals surface area (Å²) in [5.74, 6) is -1.09. The predicted octanol–water partition coefficient (Wildman–Crippen LogP) is 2.88. The first-order valence-corrected chi connectivity index (χ1v) is 8.92. The Hall–Kier alpha value is -2.70. The van der Waals surface area contributed by atoms with E-state index >= 15 is 0 Å². The third-order valence-electron chi connectivity index (χ3n) is 4.24. The second-order valence-corrected chi connectivity index (χ2v) is 6.57. The van der Waals surface area contributed by atoms with Crippen molar-refractivity contribution < 1.29 is 19.4 Å². The molecule has 0 aliphatic carbocycles. The largest absolute Gasteiger partial charge is 0.461 e. The van der Waals surface area contributed by atoms with E-state index in [0.717, 1.165) is 10.6 Å². The smallest absolute Gasteiger partial charge is 0.354 e. The number of nitrogens with zero attached hydrogens (tertiary/aromatic N) is 2. The Balaban J connectivity index is 1.94. The van der Waals surface area contributed by atoms with E-state index in [0.29, 0.717) is 10.6 Å². The van der Waals surface area contributed by atoms with Crippen LogP contribution in [0.3, 0.4) is 0 Å². The van der Waals surface area contributed by atoms with Crippen molar-refractivity contribution in [3.63, 3.8) is 0 Å². The molecular weight excluding hydrogens is 368 g/mol. The van der Waals surface area contributed by atoms with Gasteiger partial charge < -0.3 is 9.84 Å². The Kier molecular flexibility index (Phi) is 5.58. The molecule has 27 heavy (non-hydrogen) atoms. The maximum Gasteiger partial charge on any atom is 0.354 e. The first-order valence-electron chi connectivity index (χ1n) is 8.54. The Bertz CT molecular complexity index is 867. The molecule has 1 amide bonds. The van der Waals surface area contributed by atoms with Crippen LogP contribution in [0.5, 0.6) is 0 Å². The van der Waals surface area contributed by atoms with Gasteiger partial charge >= 0.3 is 5.97 Å². The first-order chi connectivity index (χ1) is 12.9. The molecule has 1 aliphatic heterocycles. The van der Waals surface area contributed by atoms with Crippen LogP contribution in [0.4, 0.5) is 0 Å². The number of esters is 1. The fourth-order valence-electron chi connectivity index (χ4n) is 2.92. The molecule has 0 saturated heterocycles. The minimum Gasteiger partial charge on any atom is -0.461 e. The van der Waals surface area contributed by atoms with Crippen LogP contribution in [0.2, 0.25) is 5.02 Å². The normalized spacial score (nSPS) is 18.9. The lowest BCUT2D eigenvalue weighted by atomic mass is 9.97. The van der Waals surface area contributed by atoms with Crippen molar-refractivity contribution in [1.82, 2.24) is 5.01 Å². The molecule has 6 nitrogen and oxygen atoms in total. The van der Waals surface area contributed by atoms with Crippen LogP contribution < -0.4 is 0 Å². The number of rotatable bonds is 5. The maximum absolute atomic E-state index is 12.9. The number of hydrogen-bond acceptors (Lipinski definition) is 5. The number of hydrazone groups is 1. The third-order valence-corrected chi connectivity index (χ3v) is 4.49. The number of carbonyl (C=O) groups excluding carboxylic acids is 2. The van der Waals surface area contributed by atoms with E-state index in [1.807, 2.05) is 30.3 Å². The van der Waals surface area contributed by atoms with Gasteiger partial charge in [0.05, 0.1) is 19.4 Å². The third kappa shape index (κ3) is 4.02. The topological polar surface area (TPSA) is 79.2 Å². The van der Waals surface area contributed by atoms with Gasteiger partial charge in [-0.05, 0) is 24.6 Å². The molecule has 1 atom stereocenters. The van der Waals surface area contributed by atoms with E-state index < -0.39 is 17.6 Å². The summed E-state index contributed by atoms with van der Waals surface area (Å²) in [4.78, 5) is 25.0. The van der Waals surface area contributed by atoms with Crippen molar-refractivity contribution in [2.45, 2.75) is 25.5 Å². The zero-order valence-electron chi connectivity index (χ0n) is 14.8. The standard InChI is InChI=1S/C20H19ClN2O4/c1-2-27-19(25)17-13-20(26,15-8-10-16(21)11-9-15)23(22-17)18(24)12-14-6-4-3-5-7-14/h3-11,26H,2,12-13H2,1H3/t20-/m0/s1. The van der Waals surface area contributed by atoms with Gasteiger partial charge in [0.1, 0.15) is 0 Å². The van der Waals surface area contributed by atoms with E-state index in [9.17, 15) is 14.7 Å². The highest BCUT2D eigenvalue weighted by atomic mass is 35.5. The number of carbonyl (C=O) groups is 2. The fraction of sp³-hybridized carbons (Fsp3) is 0.250. The molecule has 2 aromatic rings. The summed E-state index contributed by atoms with van der Waals surface area (Å²) in [6.07, 6.45) is -0.121. The maximum atomic E-state index is 12.9. The molecular formula is C20H19ClN2O4. The van der Waals surface area contributed by atoms with Crippen molar-refractivity contribution in [1.29, 1.82) is 0 Å². The van der Waals surface area contributed by atoms with Crippen LogP contribution >= 0.6 is 11.6 Å². The summed E-state index contributed by atoms with van der Waals surface area (Å²) in [7, 11) is 0. The van der Waals surface area contributed by atoms with Crippen LogP contribution in [0.15, 0.2) is 59.7 Å². The van der Waals surface area contributed by atoms with Crippen LogP contribution in [0.25, 0.3) is 0 Å². The Morgan fingerprint density at radius 3 is 2.48 bits per heavy atom. The fourth-order valence-corrected chi connectivity index (χ4v) is 3.05. The zero-order chi connectivity index (χ0) is 19.4. The SMILES string of the molecule is CCOC(=O)C1=NN(C(=O)Cc2ccccc2)[C@@](O)(c2ccc(Cl)cc2)C1. The van der Waals surface area contributed by atoms with Crippen LogP contribution in [0, 0.1) is 0 Å². The summed E-state index contributed by atoms with van der Waals surface area (Å²) in [6, 6.07) is 15.6. The summed E-state index contributed by atoms with van der Waals surface area (Å²) >= 11 is 5.93. The lowest BCUT2D eigenvalue weighted by Gasteiger charge is -2.31. The summed E-state index contributed by atoms with van der Waals surface area (Å²) < 4.78 is 4.98. The van der Waals surface area contributed by atoms with E-state index in [4.69, 9.17) is 16.3 Å². The Morgan fingerprint density at radius 2 is 1.85 bits per heavy atom. The van der Waals surface area contributed by atoms with Crippen molar-refractivity contribution in [2.24, 2.45) is 5.10 Å². The van der Waals surface area contributed by atoms with Gasteiger partial charge in [0.25, 0.3) is 0 Å². The van der Waals surface area contributed by atoms with Crippen molar-refractivity contribution >= 4 is 29.2 Å². The van der Waals surface area contributed by atoms with Gasteiger partial charge in [0.2, 0.25) is 5.91 Å². The molecule has 1 N–H and O–H groups in total. The first kappa shape index (κ1) is 19.1. The lowest BCUT2D eigenvalue weighted by Crippen LogP contribution is -2.44. The monoisotopic (exact) mass is 386 g/mol. The van der Waals surface area contributed by atoms with Gasteiger partial charge in [-0.25, -0.2) is 4.79 Å². The number of amides is 1. The minimum atomic E-state index is -1.78. The molecule has 0 saturated carbocycles. The minimum absolute atomic E-state index is 0.00397. The molecule has 140 valence electrons. The number of hydrogen-bond donors (Lipinski definition) is 1. The molecule has 0 spiro atoms. The number of benzene rings is 2. The quantitative estimate of drug-likeness (QED) is 0.801. The molecule has 2 aromatic carbocycles. The molecule has 0 fully saturated rings. The lowest BCUT2D eigenvalue weighted by molar-refractivity contribution is -0.157. The van der Waals surface area contributed by atoms with Crippen LogP contribution in [-0.4, -0.2) is 34.3 Å². The molecule has 0 bridgehead atoms. The highest BCUT2D eigenvalue weighted by molar-refractivity contribution is 6.37. The summed E-state index contributed by atoms with van der Waals surface area (Å²) in [6.45, 7) is 1.85. The van der Waals surface area contributed by atoms with Gasteiger partial charge in [-0.15, -0.1) is 0 Å². The summed E-state index contributed by atoms with van der Waals surface area (Å²) in [5, 5.41) is 16.8. The summed E-state index contributed by atoms with van der Waals surface area (Å²) in [5.41, 5.74) is -0.591. The van der Waals surface area contributed by atoms with Crippen molar-refractivity contribution in [3.05, 3.63) is 70.7 Å². The highest BCUT2D eigenvalue weighted by Crippen LogP contribution is 2.36. The molecule has 1 heterocycles. The van der Waals surface area contributed by atoms with E-state index in [2.05, 4.69) is 5.10 Å². The number of ether oxygens (including phenoxy) is 1. The van der Waals surface area contributed by atoms with E-state index in [1.165, 1.54) is 0 Å². The van der Waals surface area contributed by atoms with Crippen molar-refractivity contribution in [3.8, 4) is 0 Å². The number of halogens is 1. The molecule has 7 heteroatoms. The average Bonchev–Trinajstić information content (AvgIpc) is 3.02. The average molecular weight is 387 g/mol. The zero-order valence-corrected chi connectivity index (χ0v) is 15.5. The van der Waals surface area contributed by atoms with Gasteiger partial charge in [-0.3, -0.25) is 4.79 Å². The Labute approximate surface area is 162 Å². The Morgan fingerprint density at radius 1 is 1.19 bits per heavy atom. The molecule has 0 radical (unpaired) electrons. The molecule has 3 rings (SSSR count).